The Bertz CT molecular complexity index is 408. The normalized spacial score (nSPS) is 18.1. The Kier molecular flexibility index (Phi) is 5.28. The van der Waals surface area contributed by atoms with Crippen LogP contribution in [0.15, 0.2) is 0 Å². The maximum Gasteiger partial charge on any atom is 0.130 e. The molecule has 0 saturated heterocycles. The molecule has 1 aliphatic rings. The van der Waals surface area contributed by atoms with E-state index in [0.717, 1.165) is 36.3 Å². The molecule has 4 heteroatoms. The zero-order valence-electron chi connectivity index (χ0n) is 12.4. The van der Waals surface area contributed by atoms with Gasteiger partial charge in [0, 0.05) is 12.6 Å². The summed E-state index contributed by atoms with van der Waals surface area (Å²) >= 11 is 6.38. The van der Waals surface area contributed by atoms with Gasteiger partial charge in [0.2, 0.25) is 0 Å². The van der Waals surface area contributed by atoms with Gasteiger partial charge in [-0.2, -0.15) is 5.10 Å². The van der Waals surface area contributed by atoms with Crippen molar-refractivity contribution in [2.45, 2.75) is 46.0 Å². The number of nitrogens with one attached hydrogen (secondary N) is 1. The molecule has 1 heterocycles. The van der Waals surface area contributed by atoms with Gasteiger partial charge in [-0.1, -0.05) is 44.2 Å². The summed E-state index contributed by atoms with van der Waals surface area (Å²) in [5.41, 5.74) is 2.34. The van der Waals surface area contributed by atoms with Crippen molar-refractivity contribution in [2.75, 3.05) is 13.1 Å². The number of halogens is 1. The van der Waals surface area contributed by atoms with Gasteiger partial charge < -0.3 is 5.32 Å². The maximum absolute atomic E-state index is 6.38. The molecule has 0 spiro atoms. The van der Waals surface area contributed by atoms with Gasteiger partial charge in [0.15, 0.2) is 0 Å². The molecule has 108 valence electrons. The molecule has 1 aliphatic carbocycles. The first-order valence-corrected chi connectivity index (χ1v) is 7.90. The lowest BCUT2D eigenvalue weighted by atomic mass is 9.85. The van der Waals surface area contributed by atoms with Crippen LogP contribution in [0.25, 0.3) is 0 Å². The highest BCUT2D eigenvalue weighted by Gasteiger charge is 2.27. The Hall–Kier alpha value is -0.540. The first kappa shape index (κ1) is 14.9. The molecule has 19 heavy (non-hydrogen) atoms. The van der Waals surface area contributed by atoms with E-state index in [4.69, 9.17) is 11.6 Å². The average molecular weight is 284 g/mol. The van der Waals surface area contributed by atoms with Crippen LogP contribution in [0.3, 0.4) is 0 Å². The lowest BCUT2D eigenvalue weighted by Gasteiger charge is -2.23. The van der Waals surface area contributed by atoms with Gasteiger partial charge in [-0.15, -0.1) is 0 Å². The zero-order valence-corrected chi connectivity index (χ0v) is 13.1. The molecule has 1 saturated carbocycles. The van der Waals surface area contributed by atoms with Gasteiger partial charge >= 0.3 is 0 Å². The number of aromatic nitrogens is 2. The zero-order chi connectivity index (χ0) is 13.8. The summed E-state index contributed by atoms with van der Waals surface area (Å²) < 4.78 is 1.80. The van der Waals surface area contributed by atoms with Crippen molar-refractivity contribution in [1.29, 1.82) is 0 Å². The second-order valence-corrected chi connectivity index (χ2v) is 6.15. The summed E-state index contributed by atoms with van der Waals surface area (Å²) in [6.07, 6.45) is 6.62. The molecule has 1 fully saturated rings. The molecule has 1 aromatic heterocycles. The van der Waals surface area contributed by atoms with Crippen LogP contribution in [-0.4, -0.2) is 22.9 Å². The quantitative estimate of drug-likeness (QED) is 0.868. The van der Waals surface area contributed by atoms with E-state index < -0.39 is 0 Å². The maximum atomic E-state index is 6.38. The van der Waals surface area contributed by atoms with Crippen molar-refractivity contribution in [1.82, 2.24) is 15.1 Å². The molecule has 1 N–H and O–H groups in total. The van der Waals surface area contributed by atoms with Crippen molar-refractivity contribution in [2.24, 2.45) is 18.9 Å². The first-order chi connectivity index (χ1) is 9.13. The highest BCUT2D eigenvalue weighted by molar-refractivity contribution is 6.30. The number of aryl methyl sites for hydroxylation is 2. The van der Waals surface area contributed by atoms with Crippen molar-refractivity contribution in [3.8, 4) is 0 Å². The van der Waals surface area contributed by atoms with Crippen LogP contribution >= 0.6 is 11.6 Å². The highest BCUT2D eigenvalue weighted by Crippen LogP contribution is 2.34. The van der Waals surface area contributed by atoms with Crippen LogP contribution in [-0.2, 0) is 13.5 Å². The fraction of sp³-hybridized carbons (Fsp3) is 0.800. The number of nitrogens with zero attached hydrogens (tertiary/aromatic N) is 2. The Labute approximate surface area is 121 Å². The predicted molar refractivity (Wildman–Crippen MR) is 80.7 cm³/mol. The minimum absolute atomic E-state index is 0.697. The van der Waals surface area contributed by atoms with Crippen molar-refractivity contribution < 1.29 is 0 Å². The largest absolute Gasteiger partial charge is 0.317 e. The van der Waals surface area contributed by atoms with Crippen LogP contribution in [0.1, 0.15) is 43.9 Å². The van der Waals surface area contributed by atoms with E-state index in [1.165, 1.54) is 31.2 Å². The number of hydrogen-bond acceptors (Lipinski definition) is 2. The molecule has 0 bridgehead atoms. The summed E-state index contributed by atoms with van der Waals surface area (Å²) in [5, 5.41) is 8.77. The van der Waals surface area contributed by atoms with Gasteiger partial charge in [-0.3, -0.25) is 4.68 Å². The molecule has 0 radical (unpaired) electrons. The monoisotopic (exact) mass is 283 g/mol. The minimum Gasteiger partial charge on any atom is -0.317 e. The Balaban J connectivity index is 2.09. The second-order valence-electron chi connectivity index (χ2n) is 5.79. The van der Waals surface area contributed by atoms with Gasteiger partial charge in [-0.25, -0.2) is 0 Å². The van der Waals surface area contributed by atoms with E-state index in [2.05, 4.69) is 24.3 Å². The van der Waals surface area contributed by atoms with Gasteiger partial charge in [0.1, 0.15) is 5.15 Å². The van der Waals surface area contributed by atoms with Gasteiger partial charge in [0.05, 0.1) is 5.69 Å². The molecule has 1 unspecified atom stereocenters. The smallest absolute Gasteiger partial charge is 0.130 e. The number of hydrogen-bond donors (Lipinski definition) is 1. The Morgan fingerprint density at radius 2 is 2.11 bits per heavy atom. The third-order valence-electron chi connectivity index (χ3n) is 4.46. The van der Waals surface area contributed by atoms with E-state index in [0.29, 0.717) is 5.92 Å². The second kappa shape index (κ2) is 6.76. The molecule has 3 nitrogen and oxygen atoms in total. The van der Waals surface area contributed by atoms with E-state index in [1.807, 2.05) is 7.05 Å². The molecule has 2 rings (SSSR count). The van der Waals surface area contributed by atoms with Crippen molar-refractivity contribution in [3.05, 3.63) is 16.4 Å². The van der Waals surface area contributed by atoms with Crippen LogP contribution in [0.5, 0.6) is 0 Å². The predicted octanol–water partition coefficient (Wildman–Crippen LogP) is 3.34. The van der Waals surface area contributed by atoms with Crippen LogP contribution in [0.2, 0.25) is 5.15 Å². The van der Waals surface area contributed by atoms with Crippen molar-refractivity contribution >= 4 is 11.6 Å². The standard InChI is InChI=1S/C15H26ClN3/c1-4-17-10-13(12-7-5-6-8-12)9-14-11(2)18-19(3)15(14)16/h12-13,17H,4-10H2,1-3H3. The van der Waals surface area contributed by atoms with E-state index >= 15 is 0 Å². The van der Waals surface area contributed by atoms with Crippen LogP contribution in [0.4, 0.5) is 0 Å². The molecule has 0 aromatic carbocycles. The van der Waals surface area contributed by atoms with Crippen molar-refractivity contribution in [3.63, 3.8) is 0 Å². The summed E-state index contributed by atoms with van der Waals surface area (Å²) in [5.74, 6) is 1.55. The molecular formula is C15H26ClN3. The van der Waals surface area contributed by atoms with Crippen LogP contribution in [0, 0.1) is 18.8 Å². The molecule has 1 aromatic rings. The highest BCUT2D eigenvalue weighted by atomic mass is 35.5. The first-order valence-electron chi connectivity index (χ1n) is 7.52. The summed E-state index contributed by atoms with van der Waals surface area (Å²) in [7, 11) is 1.92. The van der Waals surface area contributed by atoms with E-state index in [9.17, 15) is 0 Å². The average Bonchev–Trinajstić information content (AvgIpc) is 2.98. The molecule has 1 atom stereocenters. The van der Waals surface area contributed by atoms with E-state index in [1.54, 1.807) is 4.68 Å². The summed E-state index contributed by atoms with van der Waals surface area (Å²) in [6, 6.07) is 0. The molecule has 0 aliphatic heterocycles. The lowest BCUT2D eigenvalue weighted by Crippen LogP contribution is -2.29. The van der Waals surface area contributed by atoms with Crippen LogP contribution < -0.4 is 5.32 Å². The van der Waals surface area contributed by atoms with Gasteiger partial charge in [-0.05, 0) is 38.3 Å². The Morgan fingerprint density at radius 3 is 2.63 bits per heavy atom. The third-order valence-corrected chi connectivity index (χ3v) is 4.93. The van der Waals surface area contributed by atoms with Gasteiger partial charge in [0.25, 0.3) is 0 Å². The molecule has 0 amide bonds. The molecular weight excluding hydrogens is 258 g/mol. The topological polar surface area (TPSA) is 29.9 Å². The Morgan fingerprint density at radius 1 is 1.42 bits per heavy atom. The fourth-order valence-electron chi connectivity index (χ4n) is 3.33. The third kappa shape index (κ3) is 3.51. The minimum atomic E-state index is 0.697. The fourth-order valence-corrected chi connectivity index (χ4v) is 3.58. The summed E-state index contributed by atoms with van der Waals surface area (Å²) in [6.45, 7) is 6.39. The van der Waals surface area contributed by atoms with E-state index in [-0.39, 0.29) is 0 Å². The number of rotatable bonds is 6. The SMILES string of the molecule is CCNCC(Cc1c(C)nn(C)c1Cl)C1CCCC1. The summed E-state index contributed by atoms with van der Waals surface area (Å²) in [4.78, 5) is 0. The lowest BCUT2D eigenvalue weighted by molar-refractivity contribution is 0.323.